The predicted octanol–water partition coefficient (Wildman–Crippen LogP) is 2.64. The van der Waals surface area contributed by atoms with E-state index in [0.29, 0.717) is 23.1 Å². The minimum absolute atomic E-state index is 0.381. The maximum Gasteiger partial charge on any atom is 0.337 e. The van der Waals surface area contributed by atoms with Crippen molar-refractivity contribution < 1.29 is 9.53 Å². The number of carbonyl (C=O) groups excluding carboxylic acids is 1. The first-order valence-corrected chi connectivity index (χ1v) is 8.06. The average molecular weight is 327 g/mol. The van der Waals surface area contributed by atoms with Crippen molar-refractivity contribution in [3.63, 3.8) is 0 Å². The van der Waals surface area contributed by atoms with Gasteiger partial charge < -0.3 is 15.0 Å². The van der Waals surface area contributed by atoms with Crippen LogP contribution in [0.15, 0.2) is 30.5 Å². The van der Waals surface area contributed by atoms with Crippen LogP contribution in [0.1, 0.15) is 30.1 Å². The third-order valence-electron chi connectivity index (χ3n) is 4.07. The molecule has 24 heavy (non-hydrogen) atoms. The number of nitrogens with zero attached hydrogens (tertiary/aromatic N) is 4. The Hall–Kier alpha value is -2.70. The first-order valence-electron chi connectivity index (χ1n) is 8.06. The molecule has 0 spiro atoms. The van der Waals surface area contributed by atoms with Gasteiger partial charge in [0.15, 0.2) is 5.82 Å². The molecule has 1 aromatic carbocycles. The zero-order chi connectivity index (χ0) is 16.9. The normalized spacial score (nSPS) is 17.4. The fourth-order valence-corrected chi connectivity index (χ4v) is 2.87. The summed E-state index contributed by atoms with van der Waals surface area (Å²) in [5, 5.41) is 11.2. The number of anilines is 3. The molecule has 2 aromatic rings. The largest absolute Gasteiger partial charge is 0.465 e. The van der Waals surface area contributed by atoms with E-state index in [1.54, 1.807) is 24.4 Å². The Labute approximate surface area is 141 Å². The Balaban J connectivity index is 1.76. The number of aromatic nitrogens is 3. The number of ether oxygens (including phenoxy) is 1. The highest BCUT2D eigenvalue weighted by Gasteiger charge is 2.18. The topological polar surface area (TPSA) is 80.2 Å². The van der Waals surface area contributed by atoms with E-state index in [2.05, 4.69) is 32.3 Å². The lowest BCUT2D eigenvalue weighted by Gasteiger charge is -2.31. The van der Waals surface area contributed by atoms with Crippen molar-refractivity contribution in [2.24, 2.45) is 5.92 Å². The summed E-state index contributed by atoms with van der Waals surface area (Å²) >= 11 is 0. The average Bonchev–Trinajstić information content (AvgIpc) is 2.61. The standard InChI is InChI=1S/C17H21N5O2/c1-12-5-4-8-22(11-12)15-10-18-21-17(20-15)19-14-7-3-6-13(9-14)16(23)24-2/h3,6-7,9-10,12H,4-5,8,11H2,1-2H3,(H,19,20,21). The van der Waals surface area contributed by atoms with Gasteiger partial charge in [-0.3, -0.25) is 0 Å². The van der Waals surface area contributed by atoms with E-state index in [0.717, 1.165) is 25.3 Å². The third kappa shape index (κ3) is 3.79. The van der Waals surface area contributed by atoms with Gasteiger partial charge in [-0.15, -0.1) is 5.10 Å². The van der Waals surface area contributed by atoms with Crippen LogP contribution < -0.4 is 10.2 Å². The molecule has 1 fully saturated rings. The van der Waals surface area contributed by atoms with Crippen LogP contribution in [-0.4, -0.2) is 41.3 Å². The summed E-state index contributed by atoms with van der Waals surface area (Å²) in [6.07, 6.45) is 4.10. The Morgan fingerprint density at radius 1 is 1.42 bits per heavy atom. The van der Waals surface area contributed by atoms with Crippen molar-refractivity contribution in [1.82, 2.24) is 15.2 Å². The number of hydrogen-bond donors (Lipinski definition) is 1. The zero-order valence-electron chi connectivity index (χ0n) is 13.9. The number of benzene rings is 1. The minimum atomic E-state index is -0.381. The molecule has 3 rings (SSSR count). The Morgan fingerprint density at radius 2 is 2.29 bits per heavy atom. The maximum atomic E-state index is 11.6. The molecule has 1 atom stereocenters. The number of methoxy groups -OCH3 is 1. The molecule has 126 valence electrons. The summed E-state index contributed by atoms with van der Waals surface area (Å²) < 4.78 is 4.73. The summed E-state index contributed by atoms with van der Waals surface area (Å²) in [5.41, 5.74) is 1.18. The highest BCUT2D eigenvalue weighted by molar-refractivity contribution is 5.90. The van der Waals surface area contributed by atoms with E-state index in [4.69, 9.17) is 4.74 Å². The first-order chi connectivity index (χ1) is 11.7. The van der Waals surface area contributed by atoms with Crippen LogP contribution in [0.2, 0.25) is 0 Å². The fourth-order valence-electron chi connectivity index (χ4n) is 2.87. The summed E-state index contributed by atoms with van der Waals surface area (Å²) in [5.74, 6) is 1.51. The van der Waals surface area contributed by atoms with Crippen LogP contribution >= 0.6 is 0 Å². The van der Waals surface area contributed by atoms with Crippen molar-refractivity contribution in [2.75, 3.05) is 30.4 Å². The summed E-state index contributed by atoms with van der Waals surface area (Å²) in [7, 11) is 1.36. The Morgan fingerprint density at radius 3 is 3.08 bits per heavy atom. The first kappa shape index (κ1) is 16.2. The molecular weight excluding hydrogens is 306 g/mol. The number of esters is 1. The molecular formula is C17H21N5O2. The van der Waals surface area contributed by atoms with E-state index < -0.39 is 0 Å². The third-order valence-corrected chi connectivity index (χ3v) is 4.07. The Bertz CT molecular complexity index is 722. The smallest absolute Gasteiger partial charge is 0.337 e. The van der Waals surface area contributed by atoms with Gasteiger partial charge in [-0.05, 0) is 37.0 Å². The molecule has 7 nitrogen and oxygen atoms in total. The van der Waals surface area contributed by atoms with Gasteiger partial charge in [0, 0.05) is 18.8 Å². The van der Waals surface area contributed by atoms with Gasteiger partial charge in [0.2, 0.25) is 5.95 Å². The molecule has 1 aliphatic heterocycles. The second-order valence-electron chi connectivity index (χ2n) is 6.03. The molecule has 7 heteroatoms. The molecule has 1 unspecified atom stereocenters. The van der Waals surface area contributed by atoms with E-state index >= 15 is 0 Å². The van der Waals surface area contributed by atoms with Crippen molar-refractivity contribution >= 4 is 23.4 Å². The van der Waals surface area contributed by atoms with Gasteiger partial charge >= 0.3 is 5.97 Å². The van der Waals surface area contributed by atoms with Gasteiger partial charge in [0.1, 0.15) is 0 Å². The number of hydrogen-bond acceptors (Lipinski definition) is 7. The van der Waals surface area contributed by atoms with Gasteiger partial charge in [-0.2, -0.15) is 10.1 Å². The van der Waals surface area contributed by atoms with Crippen molar-refractivity contribution in [3.05, 3.63) is 36.0 Å². The van der Waals surface area contributed by atoms with E-state index in [-0.39, 0.29) is 5.97 Å². The van der Waals surface area contributed by atoms with Crippen molar-refractivity contribution in [3.8, 4) is 0 Å². The maximum absolute atomic E-state index is 11.6. The zero-order valence-corrected chi connectivity index (χ0v) is 13.9. The predicted molar refractivity (Wildman–Crippen MR) is 91.5 cm³/mol. The van der Waals surface area contributed by atoms with Crippen LogP contribution in [0.3, 0.4) is 0 Å². The number of piperidine rings is 1. The number of carbonyl (C=O) groups is 1. The van der Waals surface area contributed by atoms with Gasteiger partial charge in [0.05, 0.1) is 18.9 Å². The minimum Gasteiger partial charge on any atom is -0.465 e. The molecule has 0 aliphatic carbocycles. The number of rotatable bonds is 4. The van der Waals surface area contributed by atoms with Gasteiger partial charge in [-0.25, -0.2) is 4.79 Å². The van der Waals surface area contributed by atoms with Gasteiger partial charge in [-0.1, -0.05) is 13.0 Å². The second kappa shape index (κ2) is 7.25. The van der Waals surface area contributed by atoms with Crippen molar-refractivity contribution in [2.45, 2.75) is 19.8 Å². The Kier molecular flexibility index (Phi) is 4.88. The quantitative estimate of drug-likeness (QED) is 0.865. The van der Waals surface area contributed by atoms with Crippen LogP contribution in [0.5, 0.6) is 0 Å². The van der Waals surface area contributed by atoms with Crippen LogP contribution in [-0.2, 0) is 4.74 Å². The monoisotopic (exact) mass is 327 g/mol. The molecule has 1 N–H and O–H groups in total. The van der Waals surface area contributed by atoms with Crippen molar-refractivity contribution in [1.29, 1.82) is 0 Å². The van der Waals surface area contributed by atoms with E-state index in [1.807, 2.05) is 6.07 Å². The highest BCUT2D eigenvalue weighted by Crippen LogP contribution is 2.22. The lowest BCUT2D eigenvalue weighted by Crippen LogP contribution is -2.35. The molecule has 0 amide bonds. The summed E-state index contributed by atoms with van der Waals surface area (Å²) in [4.78, 5) is 18.4. The molecule has 1 saturated heterocycles. The van der Waals surface area contributed by atoms with E-state index in [9.17, 15) is 4.79 Å². The summed E-state index contributed by atoms with van der Waals surface area (Å²) in [6.45, 7) is 4.22. The van der Waals surface area contributed by atoms with Crippen LogP contribution in [0.25, 0.3) is 0 Å². The molecule has 1 aromatic heterocycles. The van der Waals surface area contributed by atoms with Crippen LogP contribution in [0.4, 0.5) is 17.5 Å². The van der Waals surface area contributed by atoms with Crippen LogP contribution in [0, 0.1) is 5.92 Å². The van der Waals surface area contributed by atoms with E-state index in [1.165, 1.54) is 13.5 Å². The SMILES string of the molecule is COC(=O)c1cccc(Nc2nncc(N3CCCC(C)C3)n2)c1. The van der Waals surface area contributed by atoms with Gasteiger partial charge in [0.25, 0.3) is 0 Å². The molecule has 2 heterocycles. The fraction of sp³-hybridized carbons (Fsp3) is 0.412. The second-order valence-corrected chi connectivity index (χ2v) is 6.03. The lowest BCUT2D eigenvalue weighted by atomic mass is 10.0. The number of nitrogens with one attached hydrogen (secondary N) is 1. The summed E-state index contributed by atoms with van der Waals surface area (Å²) in [6, 6.07) is 7.01. The lowest BCUT2D eigenvalue weighted by molar-refractivity contribution is 0.0601. The molecule has 1 aliphatic rings. The molecule has 0 saturated carbocycles. The highest BCUT2D eigenvalue weighted by atomic mass is 16.5. The molecule has 0 radical (unpaired) electrons. The molecule has 0 bridgehead atoms.